The molecule has 9 heteroatoms. The zero-order chi connectivity index (χ0) is 16.1. The van der Waals surface area contributed by atoms with Crippen molar-refractivity contribution in [2.24, 2.45) is 5.92 Å². The standard InChI is InChI=1S/C10H13F9/c1-5(2)7(12,13)9(16,17)10(18,19)8(14,15)6(3,4)11/h5H,1-4H3. The van der Waals surface area contributed by atoms with Crippen LogP contribution in [0.4, 0.5) is 39.5 Å². The molecule has 0 spiro atoms. The number of hydrogen-bond donors (Lipinski definition) is 0. The fraction of sp³-hybridized carbons (Fsp3) is 1.00. The predicted octanol–water partition coefficient (Wildman–Crippen LogP) is 4.93. The van der Waals surface area contributed by atoms with Crippen molar-refractivity contribution in [1.82, 2.24) is 0 Å². The average Bonchev–Trinajstić information content (AvgIpc) is 2.14. The molecule has 0 N–H and O–H groups in total. The third-order valence-electron chi connectivity index (χ3n) is 2.68. The highest BCUT2D eigenvalue weighted by Crippen LogP contribution is 2.57. The minimum absolute atomic E-state index is 0.0928. The summed E-state index contributed by atoms with van der Waals surface area (Å²) in [5.41, 5.74) is -4.10. The predicted molar refractivity (Wildman–Crippen MR) is 49.8 cm³/mol. The van der Waals surface area contributed by atoms with E-state index in [4.69, 9.17) is 0 Å². The van der Waals surface area contributed by atoms with Gasteiger partial charge in [0, 0.05) is 5.92 Å². The lowest BCUT2D eigenvalue weighted by Crippen LogP contribution is -2.67. The summed E-state index contributed by atoms with van der Waals surface area (Å²) in [5, 5.41) is 0. The Morgan fingerprint density at radius 2 is 0.895 bits per heavy atom. The second kappa shape index (κ2) is 4.44. The molecule has 0 atom stereocenters. The lowest BCUT2D eigenvalue weighted by molar-refractivity contribution is -0.390. The summed E-state index contributed by atoms with van der Waals surface area (Å²) in [6.45, 7) is 0.737. The minimum atomic E-state index is -6.55. The Hall–Kier alpha value is -0.630. The number of rotatable bonds is 5. The van der Waals surface area contributed by atoms with Crippen LogP contribution < -0.4 is 0 Å². The minimum Gasteiger partial charge on any atom is -0.238 e. The molecular weight excluding hydrogens is 291 g/mol. The Labute approximate surface area is 104 Å². The van der Waals surface area contributed by atoms with Crippen molar-refractivity contribution in [3.05, 3.63) is 0 Å². The lowest BCUT2D eigenvalue weighted by atomic mass is 9.86. The van der Waals surface area contributed by atoms with Crippen LogP contribution in [0.15, 0.2) is 0 Å². The van der Waals surface area contributed by atoms with E-state index in [0.717, 1.165) is 0 Å². The fourth-order valence-corrected chi connectivity index (χ4v) is 1.14. The third kappa shape index (κ3) is 2.40. The highest BCUT2D eigenvalue weighted by atomic mass is 19.4. The largest absolute Gasteiger partial charge is 0.381 e. The number of hydrogen-bond acceptors (Lipinski definition) is 0. The molecule has 0 fully saturated rings. The second-order valence-electron chi connectivity index (χ2n) is 4.97. The average molecular weight is 304 g/mol. The fourth-order valence-electron chi connectivity index (χ4n) is 1.14. The summed E-state index contributed by atoms with van der Waals surface area (Å²) in [6.07, 6.45) is 0. The maximum atomic E-state index is 13.1. The van der Waals surface area contributed by atoms with Crippen molar-refractivity contribution in [3.63, 3.8) is 0 Å². The molecule has 0 saturated carbocycles. The molecule has 0 aliphatic heterocycles. The molecular formula is C10H13F9. The van der Waals surface area contributed by atoms with E-state index >= 15 is 0 Å². The van der Waals surface area contributed by atoms with Crippen LogP contribution in [-0.4, -0.2) is 29.4 Å². The summed E-state index contributed by atoms with van der Waals surface area (Å²) in [6, 6.07) is 0. The van der Waals surface area contributed by atoms with Crippen LogP contribution in [0.5, 0.6) is 0 Å². The monoisotopic (exact) mass is 304 g/mol. The van der Waals surface area contributed by atoms with Gasteiger partial charge in [-0.05, 0) is 13.8 Å². The number of halogens is 9. The van der Waals surface area contributed by atoms with Crippen molar-refractivity contribution in [1.29, 1.82) is 0 Å². The molecule has 0 nitrogen and oxygen atoms in total. The van der Waals surface area contributed by atoms with Crippen LogP contribution in [0, 0.1) is 5.92 Å². The molecule has 0 radical (unpaired) electrons. The highest BCUT2D eigenvalue weighted by molar-refractivity contribution is 5.09. The van der Waals surface area contributed by atoms with Crippen molar-refractivity contribution < 1.29 is 39.5 Å². The van der Waals surface area contributed by atoms with Gasteiger partial charge in [0.15, 0.2) is 5.67 Å². The molecule has 0 heterocycles. The first-order chi connectivity index (χ1) is 7.94. The molecule has 0 rings (SSSR count). The maximum absolute atomic E-state index is 13.1. The van der Waals surface area contributed by atoms with E-state index in [0.29, 0.717) is 13.8 Å². The van der Waals surface area contributed by atoms with E-state index in [9.17, 15) is 39.5 Å². The van der Waals surface area contributed by atoms with Crippen molar-refractivity contribution in [2.75, 3.05) is 0 Å². The molecule has 0 aromatic heterocycles. The van der Waals surface area contributed by atoms with Gasteiger partial charge in [0.2, 0.25) is 0 Å². The van der Waals surface area contributed by atoms with Crippen molar-refractivity contribution in [3.8, 4) is 0 Å². The summed E-state index contributed by atoms with van der Waals surface area (Å²) < 4.78 is 118. The van der Waals surface area contributed by atoms with Gasteiger partial charge < -0.3 is 0 Å². The topological polar surface area (TPSA) is 0 Å². The van der Waals surface area contributed by atoms with Crippen molar-refractivity contribution >= 4 is 0 Å². The molecule has 0 aliphatic carbocycles. The molecule has 0 aliphatic rings. The van der Waals surface area contributed by atoms with Gasteiger partial charge in [-0.15, -0.1) is 0 Å². The van der Waals surface area contributed by atoms with Gasteiger partial charge in [-0.25, -0.2) is 4.39 Å². The van der Waals surface area contributed by atoms with Gasteiger partial charge in [-0.1, -0.05) is 13.8 Å². The Bertz CT molecular complexity index is 324. The lowest BCUT2D eigenvalue weighted by Gasteiger charge is -2.41. The Balaban J connectivity index is 5.92. The third-order valence-corrected chi connectivity index (χ3v) is 2.68. The molecule has 0 aromatic carbocycles. The van der Waals surface area contributed by atoms with E-state index in [1.54, 1.807) is 0 Å². The van der Waals surface area contributed by atoms with Gasteiger partial charge in [0.05, 0.1) is 0 Å². The molecule has 116 valence electrons. The van der Waals surface area contributed by atoms with E-state index in [1.807, 2.05) is 0 Å². The van der Waals surface area contributed by atoms with Crippen LogP contribution in [0.3, 0.4) is 0 Å². The number of alkyl halides is 9. The van der Waals surface area contributed by atoms with Crippen LogP contribution in [0.1, 0.15) is 27.7 Å². The van der Waals surface area contributed by atoms with E-state index in [2.05, 4.69) is 0 Å². The zero-order valence-corrected chi connectivity index (χ0v) is 10.5. The summed E-state index contributed by atoms with van der Waals surface area (Å²) in [7, 11) is 0. The Kier molecular flexibility index (Phi) is 4.30. The summed E-state index contributed by atoms with van der Waals surface area (Å²) in [4.78, 5) is 0. The molecule has 0 aromatic rings. The SMILES string of the molecule is CC(C)C(F)(F)C(F)(F)C(F)(F)C(F)(F)C(C)(C)F. The molecule has 0 bridgehead atoms. The Morgan fingerprint density at radius 3 is 1.11 bits per heavy atom. The first-order valence-electron chi connectivity index (χ1n) is 5.14. The van der Waals surface area contributed by atoms with E-state index in [1.165, 1.54) is 0 Å². The maximum Gasteiger partial charge on any atom is 0.381 e. The second-order valence-corrected chi connectivity index (χ2v) is 4.97. The van der Waals surface area contributed by atoms with Crippen LogP contribution in [0.2, 0.25) is 0 Å². The highest BCUT2D eigenvalue weighted by Gasteiger charge is 2.83. The van der Waals surface area contributed by atoms with Gasteiger partial charge in [-0.3, -0.25) is 0 Å². The van der Waals surface area contributed by atoms with Crippen LogP contribution in [0.25, 0.3) is 0 Å². The van der Waals surface area contributed by atoms with Crippen molar-refractivity contribution in [2.45, 2.75) is 57.1 Å². The van der Waals surface area contributed by atoms with E-state index in [-0.39, 0.29) is 13.8 Å². The Morgan fingerprint density at radius 1 is 0.579 bits per heavy atom. The molecule has 0 amide bonds. The molecule has 0 saturated heterocycles. The molecule has 0 unspecified atom stereocenters. The van der Waals surface area contributed by atoms with Gasteiger partial charge in [-0.2, -0.15) is 35.1 Å². The quantitative estimate of drug-likeness (QED) is 0.632. The smallest absolute Gasteiger partial charge is 0.238 e. The van der Waals surface area contributed by atoms with Crippen LogP contribution >= 0.6 is 0 Å². The molecule has 19 heavy (non-hydrogen) atoms. The normalized spacial score (nSPS) is 16.1. The summed E-state index contributed by atoms with van der Waals surface area (Å²) >= 11 is 0. The van der Waals surface area contributed by atoms with Gasteiger partial charge in [0.1, 0.15) is 0 Å². The van der Waals surface area contributed by atoms with Gasteiger partial charge >= 0.3 is 23.7 Å². The van der Waals surface area contributed by atoms with Gasteiger partial charge in [0.25, 0.3) is 0 Å². The van der Waals surface area contributed by atoms with Crippen LogP contribution in [-0.2, 0) is 0 Å². The first kappa shape index (κ1) is 18.4. The first-order valence-corrected chi connectivity index (χ1v) is 5.14. The summed E-state index contributed by atoms with van der Waals surface area (Å²) in [5.74, 6) is -26.7. The zero-order valence-electron chi connectivity index (χ0n) is 10.5. The van der Waals surface area contributed by atoms with E-state index < -0.39 is 35.3 Å².